The summed E-state index contributed by atoms with van der Waals surface area (Å²) in [5.74, 6) is -0.115. The molecule has 0 radical (unpaired) electrons. The van der Waals surface area contributed by atoms with Crippen molar-refractivity contribution < 1.29 is 9.72 Å². The van der Waals surface area contributed by atoms with Gasteiger partial charge in [0.1, 0.15) is 5.56 Å². The number of aryl methyl sites for hydroxylation is 2. The van der Waals surface area contributed by atoms with Crippen LogP contribution < -0.4 is 5.32 Å². The monoisotopic (exact) mass is 324 g/mol. The average Bonchev–Trinajstić information content (AvgIpc) is 2.59. The van der Waals surface area contributed by atoms with E-state index in [1.807, 2.05) is 12.1 Å². The molecule has 0 spiro atoms. The number of hydrogen-bond donors (Lipinski definition) is 1. The SMILES string of the molecule is Cc1cccc(C(=O)NCC2CCCc3ccccc32)c1[N+](=O)[O-]. The van der Waals surface area contributed by atoms with E-state index in [0.717, 1.165) is 19.3 Å². The number of rotatable bonds is 4. The number of nitro groups is 1. The van der Waals surface area contributed by atoms with Gasteiger partial charge in [0.25, 0.3) is 11.6 Å². The summed E-state index contributed by atoms with van der Waals surface area (Å²) in [6.07, 6.45) is 3.19. The number of carbonyl (C=O) groups is 1. The fourth-order valence-electron chi connectivity index (χ4n) is 3.46. The van der Waals surface area contributed by atoms with Gasteiger partial charge >= 0.3 is 0 Å². The number of carbonyl (C=O) groups excluding carboxylic acids is 1. The Balaban J connectivity index is 1.76. The fourth-order valence-corrected chi connectivity index (χ4v) is 3.46. The lowest BCUT2D eigenvalue weighted by atomic mass is 9.83. The molecule has 3 rings (SSSR count). The first-order chi connectivity index (χ1) is 11.6. The molecular weight excluding hydrogens is 304 g/mol. The fraction of sp³-hybridized carbons (Fsp3) is 0.316. The molecule has 0 saturated carbocycles. The molecule has 1 amide bonds. The molecule has 0 saturated heterocycles. The van der Waals surface area contributed by atoms with Gasteiger partial charge in [-0.3, -0.25) is 14.9 Å². The quantitative estimate of drug-likeness (QED) is 0.687. The van der Waals surface area contributed by atoms with Crippen LogP contribution in [0, 0.1) is 17.0 Å². The Kier molecular flexibility index (Phi) is 4.60. The maximum absolute atomic E-state index is 12.5. The van der Waals surface area contributed by atoms with Crippen molar-refractivity contribution in [2.75, 3.05) is 6.54 Å². The third-order valence-electron chi connectivity index (χ3n) is 4.67. The highest BCUT2D eigenvalue weighted by Crippen LogP contribution is 2.31. The zero-order valence-corrected chi connectivity index (χ0v) is 13.6. The highest BCUT2D eigenvalue weighted by atomic mass is 16.6. The third kappa shape index (κ3) is 3.15. The van der Waals surface area contributed by atoms with Gasteiger partial charge in [-0.05, 0) is 43.4 Å². The van der Waals surface area contributed by atoms with Gasteiger partial charge in [0, 0.05) is 18.0 Å². The number of nitro benzene ring substituents is 1. The van der Waals surface area contributed by atoms with Crippen molar-refractivity contribution in [3.63, 3.8) is 0 Å². The van der Waals surface area contributed by atoms with Crippen molar-refractivity contribution in [1.82, 2.24) is 5.32 Å². The molecule has 24 heavy (non-hydrogen) atoms. The highest BCUT2D eigenvalue weighted by Gasteiger charge is 2.24. The van der Waals surface area contributed by atoms with Crippen LogP contribution in [0.3, 0.4) is 0 Å². The van der Waals surface area contributed by atoms with Crippen molar-refractivity contribution in [3.05, 3.63) is 74.8 Å². The van der Waals surface area contributed by atoms with Gasteiger partial charge < -0.3 is 5.32 Å². The summed E-state index contributed by atoms with van der Waals surface area (Å²) in [5.41, 5.74) is 3.13. The molecule has 0 bridgehead atoms. The molecule has 0 aromatic heterocycles. The molecule has 0 fully saturated rings. The minimum absolute atomic E-state index is 0.112. The van der Waals surface area contributed by atoms with Crippen LogP contribution in [0.25, 0.3) is 0 Å². The predicted octanol–water partition coefficient (Wildman–Crippen LogP) is 3.75. The average molecular weight is 324 g/mol. The molecule has 5 heteroatoms. The summed E-state index contributed by atoms with van der Waals surface area (Å²) < 4.78 is 0. The van der Waals surface area contributed by atoms with Gasteiger partial charge in [-0.15, -0.1) is 0 Å². The van der Waals surface area contributed by atoms with Crippen LogP contribution in [0.5, 0.6) is 0 Å². The molecule has 1 atom stereocenters. The first kappa shape index (κ1) is 16.2. The predicted molar refractivity (Wildman–Crippen MR) is 92.3 cm³/mol. The lowest BCUT2D eigenvalue weighted by Crippen LogP contribution is -2.30. The zero-order chi connectivity index (χ0) is 17.1. The number of nitrogens with zero attached hydrogens (tertiary/aromatic N) is 1. The number of amides is 1. The van der Waals surface area contributed by atoms with E-state index in [9.17, 15) is 14.9 Å². The van der Waals surface area contributed by atoms with Crippen LogP contribution in [0.4, 0.5) is 5.69 Å². The molecular formula is C19H20N2O3. The number of fused-ring (bicyclic) bond motifs is 1. The summed E-state index contributed by atoms with van der Waals surface area (Å²) >= 11 is 0. The van der Waals surface area contributed by atoms with Gasteiger partial charge in [-0.25, -0.2) is 0 Å². The van der Waals surface area contributed by atoms with Gasteiger partial charge in [0.05, 0.1) is 4.92 Å². The second-order valence-corrected chi connectivity index (χ2v) is 6.23. The van der Waals surface area contributed by atoms with Crippen LogP contribution in [-0.2, 0) is 6.42 Å². The largest absolute Gasteiger partial charge is 0.351 e. The third-order valence-corrected chi connectivity index (χ3v) is 4.67. The maximum atomic E-state index is 12.5. The van der Waals surface area contributed by atoms with Gasteiger partial charge in [-0.2, -0.15) is 0 Å². The van der Waals surface area contributed by atoms with Crippen molar-refractivity contribution in [3.8, 4) is 0 Å². The normalized spacial score (nSPS) is 16.3. The first-order valence-corrected chi connectivity index (χ1v) is 8.18. The number of nitrogens with one attached hydrogen (secondary N) is 1. The Bertz CT molecular complexity index is 786. The van der Waals surface area contributed by atoms with Crippen LogP contribution in [0.2, 0.25) is 0 Å². The van der Waals surface area contributed by atoms with Crippen molar-refractivity contribution >= 4 is 11.6 Å². The number of hydrogen-bond acceptors (Lipinski definition) is 3. The number of para-hydroxylation sites is 1. The van der Waals surface area contributed by atoms with Crippen molar-refractivity contribution in [2.24, 2.45) is 0 Å². The van der Waals surface area contributed by atoms with E-state index in [1.165, 1.54) is 17.2 Å². The van der Waals surface area contributed by atoms with Crippen LogP contribution in [-0.4, -0.2) is 17.4 Å². The van der Waals surface area contributed by atoms with Crippen LogP contribution in [0.15, 0.2) is 42.5 Å². The molecule has 2 aromatic carbocycles. The Hall–Kier alpha value is -2.69. The summed E-state index contributed by atoms with van der Waals surface area (Å²) in [5, 5.41) is 14.1. The van der Waals surface area contributed by atoms with Crippen molar-refractivity contribution in [2.45, 2.75) is 32.1 Å². The molecule has 0 aliphatic heterocycles. The lowest BCUT2D eigenvalue weighted by Gasteiger charge is -2.25. The van der Waals surface area contributed by atoms with Crippen molar-refractivity contribution in [1.29, 1.82) is 0 Å². The standard InChI is InChI=1S/C19H20N2O3/c1-13-6-4-11-17(18(13)21(23)24)19(22)20-12-15-9-5-8-14-7-2-3-10-16(14)15/h2-4,6-7,10-11,15H,5,8-9,12H2,1H3,(H,20,22). The first-order valence-electron chi connectivity index (χ1n) is 8.18. The van der Waals surface area contributed by atoms with E-state index < -0.39 is 4.92 Å². The van der Waals surface area contributed by atoms with E-state index in [0.29, 0.717) is 12.1 Å². The van der Waals surface area contributed by atoms with Crippen LogP contribution >= 0.6 is 0 Å². The minimum atomic E-state index is -0.486. The van der Waals surface area contributed by atoms with Gasteiger partial charge in [0.15, 0.2) is 0 Å². The Morgan fingerprint density at radius 2 is 2.04 bits per heavy atom. The molecule has 5 nitrogen and oxygen atoms in total. The summed E-state index contributed by atoms with van der Waals surface area (Å²) in [6, 6.07) is 13.1. The van der Waals surface area contributed by atoms with Gasteiger partial charge in [-0.1, -0.05) is 36.4 Å². The maximum Gasteiger partial charge on any atom is 0.285 e. The molecule has 1 N–H and O–H groups in total. The lowest BCUT2D eigenvalue weighted by molar-refractivity contribution is -0.385. The van der Waals surface area contributed by atoms with Gasteiger partial charge in [0.2, 0.25) is 0 Å². The Labute approximate surface area is 140 Å². The molecule has 1 aliphatic rings. The van der Waals surface area contributed by atoms with E-state index in [-0.39, 0.29) is 23.1 Å². The highest BCUT2D eigenvalue weighted by molar-refractivity contribution is 5.98. The van der Waals surface area contributed by atoms with E-state index >= 15 is 0 Å². The minimum Gasteiger partial charge on any atom is -0.351 e. The summed E-state index contributed by atoms with van der Waals surface area (Å²) in [4.78, 5) is 23.2. The molecule has 124 valence electrons. The zero-order valence-electron chi connectivity index (χ0n) is 13.6. The summed E-state index contributed by atoms with van der Waals surface area (Å²) in [6.45, 7) is 2.15. The molecule has 1 unspecified atom stereocenters. The Morgan fingerprint density at radius 3 is 2.83 bits per heavy atom. The van der Waals surface area contributed by atoms with E-state index in [1.54, 1.807) is 19.1 Å². The molecule has 0 heterocycles. The van der Waals surface area contributed by atoms with E-state index in [4.69, 9.17) is 0 Å². The molecule has 2 aromatic rings. The molecule has 1 aliphatic carbocycles. The van der Waals surface area contributed by atoms with E-state index in [2.05, 4.69) is 17.4 Å². The smallest absolute Gasteiger partial charge is 0.285 e. The Morgan fingerprint density at radius 1 is 1.25 bits per heavy atom. The van der Waals surface area contributed by atoms with Crippen LogP contribution in [0.1, 0.15) is 45.8 Å². The second-order valence-electron chi connectivity index (χ2n) is 6.23. The topological polar surface area (TPSA) is 72.2 Å². The summed E-state index contributed by atoms with van der Waals surface area (Å²) in [7, 11) is 0. The second kappa shape index (κ2) is 6.83. The number of benzene rings is 2.